The van der Waals surface area contributed by atoms with Gasteiger partial charge in [-0.3, -0.25) is 9.79 Å². The number of hydrogen-bond acceptors (Lipinski definition) is 3. The molecule has 21 heavy (non-hydrogen) atoms. The van der Waals surface area contributed by atoms with Crippen LogP contribution in [0.4, 0.5) is 0 Å². The predicted octanol–water partition coefficient (Wildman–Crippen LogP) is 1.08. The topological polar surface area (TPSA) is 66.0 Å². The van der Waals surface area contributed by atoms with Gasteiger partial charge in [0.15, 0.2) is 5.96 Å². The molecule has 124 valence electrons. The molecule has 6 heteroatoms. The van der Waals surface area contributed by atoms with Crippen LogP contribution in [0.15, 0.2) is 4.99 Å². The van der Waals surface area contributed by atoms with Gasteiger partial charge in [-0.2, -0.15) is 0 Å². The fraction of sp³-hybridized carbons (Fsp3) is 0.867. The highest BCUT2D eigenvalue weighted by Crippen LogP contribution is 1.98. The lowest BCUT2D eigenvalue weighted by Crippen LogP contribution is -2.39. The summed E-state index contributed by atoms with van der Waals surface area (Å²) in [6, 6.07) is 0. The van der Waals surface area contributed by atoms with Gasteiger partial charge in [0.05, 0.1) is 13.2 Å². The molecule has 0 saturated carbocycles. The van der Waals surface area contributed by atoms with E-state index in [4.69, 9.17) is 4.74 Å². The highest BCUT2D eigenvalue weighted by molar-refractivity contribution is 5.81. The molecule has 0 unspecified atom stereocenters. The van der Waals surface area contributed by atoms with E-state index >= 15 is 0 Å². The number of nitrogens with zero attached hydrogens (tertiary/aromatic N) is 2. The Balaban J connectivity index is 3.88. The molecular formula is C15H32N4O2. The molecule has 0 aliphatic rings. The number of amides is 1. The van der Waals surface area contributed by atoms with Crippen molar-refractivity contribution in [2.45, 2.75) is 33.6 Å². The van der Waals surface area contributed by atoms with Gasteiger partial charge in [-0.25, -0.2) is 0 Å². The second kappa shape index (κ2) is 12.4. The van der Waals surface area contributed by atoms with Gasteiger partial charge in [-0.15, -0.1) is 0 Å². The van der Waals surface area contributed by atoms with Gasteiger partial charge in [-0.1, -0.05) is 13.8 Å². The zero-order chi connectivity index (χ0) is 16.1. The number of ether oxygens (including phenoxy) is 1. The summed E-state index contributed by atoms with van der Waals surface area (Å²) < 4.78 is 5.52. The highest BCUT2D eigenvalue weighted by Gasteiger charge is 2.04. The first-order chi connectivity index (χ1) is 9.97. The molecular weight excluding hydrogens is 268 g/mol. The van der Waals surface area contributed by atoms with Gasteiger partial charge in [0.1, 0.15) is 0 Å². The molecule has 0 aliphatic heterocycles. The number of nitrogens with one attached hydrogen (secondary N) is 2. The van der Waals surface area contributed by atoms with Crippen molar-refractivity contribution in [3.63, 3.8) is 0 Å². The van der Waals surface area contributed by atoms with Gasteiger partial charge in [-0.05, 0) is 19.3 Å². The third kappa shape index (κ3) is 12.2. The maximum atomic E-state index is 11.5. The van der Waals surface area contributed by atoms with Crippen LogP contribution in [0.25, 0.3) is 0 Å². The maximum Gasteiger partial charge on any atom is 0.223 e. The van der Waals surface area contributed by atoms with Crippen molar-refractivity contribution in [2.75, 3.05) is 46.9 Å². The zero-order valence-electron chi connectivity index (χ0n) is 14.2. The van der Waals surface area contributed by atoms with Crippen molar-refractivity contribution < 1.29 is 9.53 Å². The second-order valence-electron chi connectivity index (χ2n) is 5.52. The van der Waals surface area contributed by atoms with Crippen molar-refractivity contribution in [3.8, 4) is 0 Å². The Bertz CT molecular complexity index is 304. The van der Waals surface area contributed by atoms with E-state index in [0.717, 1.165) is 25.5 Å². The molecule has 0 atom stereocenters. The molecule has 0 fully saturated rings. The van der Waals surface area contributed by atoms with E-state index in [1.54, 1.807) is 19.0 Å². The van der Waals surface area contributed by atoms with E-state index in [9.17, 15) is 4.79 Å². The molecule has 0 aliphatic carbocycles. The summed E-state index contributed by atoms with van der Waals surface area (Å²) in [5.41, 5.74) is 0. The van der Waals surface area contributed by atoms with E-state index in [-0.39, 0.29) is 5.91 Å². The number of hydrogen-bond donors (Lipinski definition) is 2. The van der Waals surface area contributed by atoms with Gasteiger partial charge >= 0.3 is 0 Å². The van der Waals surface area contributed by atoms with Crippen molar-refractivity contribution in [1.82, 2.24) is 15.5 Å². The Labute approximate surface area is 129 Å². The smallest absolute Gasteiger partial charge is 0.223 e. The standard InChI is InChI=1S/C15H32N4O2/c1-6-16-15(17-9-7-14(20)19(4)5)18-10-12-21-11-8-13(2)3/h13H,6-12H2,1-5H3,(H2,16,17,18). The van der Waals surface area contributed by atoms with Crippen LogP contribution in [-0.2, 0) is 9.53 Å². The fourth-order valence-electron chi connectivity index (χ4n) is 1.50. The van der Waals surface area contributed by atoms with Crippen LogP contribution in [0.2, 0.25) is 0 Å². The molecule has 0 saturated heterocycles. The van der Waals surface area contributed by atoms with Crippen LogP contribution in [-0.4, -0.2) is 63.7 Å². The normalized spacial score (nSPS) is 11.6. The molecule has 0 heterocycles. The van der Waals surface area contributed by atoms with E-state index in [1.807, 2.05) is 6.92 Å². The molecule has 1 amide bonds. The van der Waals surface area contributed by atoms with Crippen LogP contribution in [0.1, 0.15) is 33.6 Å². The Morgan fingerprint density at radius 3 is 2.52 bits per heavy atom. The number of aliphatic imine (C=N–C) groups is 1. The zero-order valence-corrected chi connectivity index (χ0v) is 14.2. The summed E-state index contributed by atoms with van der Waals surface area (Å²) >= 11 is 0. The summed E-state index contributed by atoms with van der Waals surface area (Å²) in [6.45, 7) is 9.79. The molecule has 0 spiro atoms. The lowest BCUT2D eigenvalue weighted by atomic mass is 10.1. The molecule has 2 N–H and O–H groups in total. The Hall–Kier alpha value is -1.30. The SMILES string of the molecule is CCNC(=NCCOCCC(C)C)NCCC(=O)N(C)C. The first-order valence-electron chi connectivity index (χ1n) is 7.77. The average molecular weight is 300 g/mol. The van der Waals surface area contributed by atoms with Crippen LogP contribution in [0, 0.1) is 5.92 Å². The monoisotopic (exact) mass is 300 g/mol. The maximum absolute atomic E-state index is 11.5. The summed E-state index contributed by atoms with van der Waals surface area (Å²) in [5.74, 6) is 1.51. The van der Waals surface area contributed by atoms with Crippen LogP contribution in [0.5, 0.6) is 0 Å². The Kier molecular flexibility index (Phi) is 11.7. The average Bonchev–Trinajstić information content (AvgIpc) is 2.41. The summed E-state index contributed by atoms with van der Waals surface area (Å²) in [6.07, 6.45) is 1.54. The van der Waals surface area contributed by atoms with Gasteiger partial charge in [0.25, 0.3) is 0 Å². The minimum atomic E-state index is 0.107. The second-order valence-corrected chi connectivity index (χ2v) is 5.52. The Morgan fingerprint density at radius 1 is 1.24 bits per heavy atom. The van der Waals surface area contributed by atoms with E-state index in [2.05, 4.69) is 29.5 Å². The quantitative estimate of drug-likeness (QED) is 0.360. The third-order valence-electron chi connectivity index (χ3n) is 2.82. The minimum Gasteiger partial charge on any atom is -0.380 e. The van der Waals surface area contributed by atoms with Crippen LogP contribution < -0.4 is 10.6 Å². The van der Waals surface area contributed by atoms with E-state index < -0.39 is 0 Å². The molecule has 0 aromatic carbocycles. The van der Waals surface area contributed by atoms with Gasteiger partial charge in [0, 0.05) is 40.2 Å². The number of carbonyl (C=O) groups excluding carboxylic acids is 1. The van der Waals surface area contributed by atoms with Gasteiger partial charge < -0.3 is 20.3 Å². The summed E-state index contributed by atoms with van der Waals surface area (Å²) in [5, 5.41) is 6.30. The first kappa shape index (κ1) is 19.7. The highest BCUT2D eigenvalue weighted by atomic mass is 16.5. The van der Waals surface area contributed by atoms with Crippen molar-refractivity contribution in [3.05, 3.63) is 0 Å². The first-order valence-corrected chi connectivity index (χ1v) is 7.77. The van der Waals surface area contributed by atoms with Crippen molar-refractivity contribution in [2.24, 2.45) is 10.9 Å². The van der Waals surface area contributed by atoms with E-state index in [1.165, 1.54) is 0 Å². The van der Waals surface area contributed by atoms with E-state index in [0.29, 0.717) is 32.0 Å². The van der Waals surface area contributed by atoms with Crippen molar-refractivity contribution >= 4 is 11.9 Å². The van der Waals surface area contributed by atoms with Gasteiger partial charge in [0.2, 0.25) is 5.91 Å². The van der Waals surface area contributed by atoms with Crippen LogP contribution in [0.3, 0.4) is 0 Å². The lowest BCUT2D eigenvalue weighted by molar-refractivity contribution is -0.128. The molecule has 0 rings (SSSR count). The molecule has 0 bridgehead atoms. The molecule has 0 aromatic heterocycles. The molecule has 0 aromatic rings. The van der Waals surface area contributed by atoms with Crippen LogP contribution >= 0.6 is 0 Å². The fourth-order valence-corrected chi connectivity index (χ4v) is 1.50. The summed E-state index contributed by atoms with van der Waals surface area (Å²) in [4.78, 5) is 17.5. The molecule has 6 nitrogen and oxygen atoms in total. The predicted molar refractivity (Wildman–Crippen MR) is 87.6 cm³/mol. The number of guanidine groups is 1. The van der Waals surface area contributed by atoms with Crippen molar-refractivity contribution in [1.29, 1.82) is 0 Å². The number of rotatable bonds is 10. The Morgan fingerprint density at radius 2 is 1.95 bits per heavy atom. The molecule has 0 radical (unpaired) electrons. The summed E-state index contributed by atoms with van der Waals surface area (Å²) in [7, 11) is 3.52. The minimum absolute atomic E-state index is 0.107. The third-order valence-corrected chi connectivity index (χ3v) is 2.82. The number of carbonyl (C=O) groups is 1. The largest absolute Gasteiger partial charge is 0.380 e. The lowest BCUT2D eigenvalue weighted by Gasteiger charge is -2.13.